The molecule has 1 aliphatic rings. The highest BCUT2D eigenvalue weighted by atomic mass is 35.5. The van der Waals surface area contributed by atoms with Gasteiger partial charge in [-0.05, 0) is 48.1 Å². The Morgan fingerprint density at radius 1 is 1.14 bits per heavy atom. The molecule has 0 spiro atoms. The highest BCUT2D eigenvalue weighted by Gasteiger charge is 2.32. The summed E-state index contributed by atoms with van der Waals surface area (Å²) in [5, 5.41) is 8.24. The van der Waals surface area contributed by atoms with Crippen molar-refractivity contribution in [3.8, 4) is 0 Å². The molecule has 4 heterocycles. The predicted molar refractivity (Wildman–Crippen MR) is 137 cm³/mol. The Kier molecular flexibility index (Phi) is 6.72. The molecule has 0 saturated carbocycles. The van der Waals surface area contributed by atoms with E-state index in [1.807, 2.05) is 18.2 Å². The summed E-state index contributed by atoms with van der Waals surface area (Å²) in [4.78, 5) is 9.02. The van der Waals surface area contributed by atoms with Crippen molar-refractivity contribution in [1.82, 2.24) is 23.9 Å². The van der Waals surface area contributed by atoms with Crippen LogP contribution in [0.2, 0.25) is 10.0 Å². The Bertz CT molecular complexity index is 1480. The molecule has 1 fully saturated rings. The maximum absolute atomic E-state index is 13.3. The Hall–Kier alpha value is -2.66. The Labute approximate surface area is 214 Å². The zero-order valence-corrected chi connectivity index (χ0v) is 20.9. The van der Waals surface area contributed by atoms with Crippen LogP contribution >= 0.6 is 23.2 Å². The van der Waals surface area contributed by atoms with Crippen molar-refractivity contribution in [3.63, 3.8) is 0 Å². The van der Waals surface area contributed by atoms with E-state index in [0.29, 0.717) is 42.2 Å². The molecule has 5 rings (SSSR count). The van der Waals surface area contributed by atoms with Gasteiger partial charge in [0.05, 0.1) is 20.6 Å². The largest absolute Gasteiger partial charge is 0.366 e. The van der Waals surface area contributed by atoms with Crippen molar-refractivity contribution in [1.29, 1.82) is 0 Å². The number of nitrogens with zero attached hydrogens (tertiary/aromatic N) is 5. The van der Waals surface area contributed by atoms with Crippen LogP contribution in [-0.2, 0) is 16.6 Å². The molecular weight excluding hydrogens is 506 g/mol. The van der Waals surface area contributed by atoms with Crippen LogP contribution in [0.25, 0.3) is 5.65 Å². The molecule has 1 N–H and O–H groups in total. The lowest BCUT2D eigenvalue weighted by atomic mass is 9.95. The number of pyridine rings is 1. The Morgan fingerprint density at radius 2 is 2.00 bits per heavy atom. The fourth-order valence-corrected chi connectivity index (χ4v) is 6.13. The average molecular weight is 527 g/mol. The van der Waals surface area contributed by atoms with Crippen molar-refractivity contribution in [2.75, 3.05) is 18.4 Å². The van der Waals surface area contributed by atoms with Gasteiger partial charge in [-0.25, -0.2) is 13.4 Å². The van der Waals surface area contributed by atoms with Crippen molar-refractivity contribution in [3.05, 3.63) is 76.3 Å². The van der Waals surface area contributed by atoms with Gasteiger partial charge in [-0.2, -0.15) is 13.9 Å². The van der Waals surface area contributed by atoms with Crippen molar-refractivity contribution in [2.45, 2.75) is 30.2 Å². The second-order valence-electron chi connectivity index (χ2n) is 8.39. The van der Waals surface area contributed by atoms with E-state index in [1.54, 1.807) is 23.1 Å². The number of nitrogens with one attached hydrogen (secondary N) is 1. The number of hydrogen-bond acceptors (Lipinski definition) is 6. The van der Waals surface area contributed by atoms with E-state index in [0.717, 1.165) is 23.5 Å². The second-order valence-corrected chi connectivity index (χ2v) is 11.1. The Morgan fingerprint density at radius 3 is 2.77 bits per heavy atom. The van der Waals surface area contributed by atoms with Crippen LogP contribution < -0.4 is 10.8 Å². The molecule has 0 aliphatic carbocycles. The molecule has 0 amide bonds. The van der Waals surface area contributed by atoms with Gasteiger partial charge in [0, 0.05) is 50.2 Å². The number of fused-ring (bicyclic) bond motifs is 1. The SMILES string of the molecule is [B]c1cnn2c(NCc3cccnc3)cc(C3CCCN(S(=O)(=O)c4ccc(Cl)c(Cl)c4)C3)nc12. The molecule has 3 aromatic heterocycles. The van der Waals surface area contributed by atoms with Crippen LogP contribution in [-0.4, -0.2) is 53.2 Å². The van der Waals surface area contributed by atoms with Crippen LogP contribution in [0, 0.1) is 0 Å². The monoisotopic (exact) mass is 526 g/mol. The van der Waals surface area contributed by atoms with E-state index < -0.39 is 10.0 Å². The van der Waals surface area contributed by atoms with Gasteiger partial charge >= 0.3 is 0 Å². The number of rotatable bonds is 6. The molecule has 2 radical (unpaired) electrons. The highest BCUT2D eigenvalue weighted by molar-refractivity contribution is 7.89. The zero-order valence-electron chi connectivity index (χ0n) is 18.6. The number of halogens is 2. The number of piperidine rings is 1. The van der Waals surface area contributed by atoms with E-state index >= 15 is 0 Å². The molecule has 0 bridgehead atoms. The summed E-state index contributed by atoms with van der Waals surface area (Å²) in [7, 11) is 2.40. The molecule has 1 aliphatic heterocycles. The minimum absolute atomic E-state index is 0.112. The van der Waals surface area contributed by atoms with Crippen LogP contribution in [0.15, 0.2) is 59.9 Å². The summed E-state index contributed by atoms with van der Waals surface area (Å²) in [6.07, 6.45) is 6.57. The average Bonchev–Trinajstić information content (AvgIpc) is 3.25. The van der Waals surface area contributed by atoms with E-state index in [2.05, 4.69) is 15.4 Å². The normalized spacial score (nSPS) is 17.0. The molecular formula is C23H21BCl2N6O2S. The van der Waals surface area contributed by atoms with Gasteiger partial charge in [0.15, 0.2) is 5.65 Å². The van der Waals surface area contributed by atoms with Gasteiger partial charge in [-0.1, -0.05) is 29.3 Å². The molecule has 35 heavy (non-hydrogen) atoms. The molecule has 4 aromatic rings. The molecule has 1 unspecified atom stereocenters. The lowest BCUT2D eigenvalue weighted by molar-refractivity contribution is 0.313. The van der Waals surface area contributed by atoms with E-state index in [-0.39, 0.29) is 15.8 Å². The lowest BCUT2D eigenvalue weighted by Crippen LogP contribution is -2.39. The molecule has 1 saturated heterocycles. The third kappa shape index (κ3) is 4.88. The van der Waals surface area contributed by atoms with Gasteiger partial charge in [0.2, 0.25) is 10.0 Å². The summed E-state index contributed by atoms with van der Waals surface area (Å²) in [5.74, 6) is 0.606. The minimum atomic E-state index is -3.74. The fourth-order valence-electron chi connectivity index (χ4n) is 4.22. The zero-order chi connectivity index (χ0) is 24.6. The fraction of sp³-hybridized carbons (Fsp3) is 0.261. The van der Waals surface area contributed by atoms with Gasteiger partial charge in [0.1, 0.15) is 13.7 Å². The summed E-state index contributed by atoms with van der Waals surface area (Å²) in [6.45, 7) is 1.25. The first-order chi connectivity index (χ1) is 16.8. The van der Waals surface area contributed by atoms with Gasteiger partial charge in [-0.3, -0.25) is 4.98 Å². The maximum atomic E-state index is 13.3. The number of hydrogen-bond donors (Lipinski definition) is 1. The summed E-state index contributed by atoms with van der Waals surface area (Å²) in [5.41, 5.74) is 2.75. The Balaban J connectivity index is 1.44. The van der Waals surface area contributed by atoms with Crippen LogP contribution in [0.3, 0.4) is 0 Å². The summed E-state index contributed by atoms with van der Waals surface area (Å²) >= 11 is 12.1. The van der Waals surface area contributed by atoms with Gasteiger partial charge < -0.3 is 5.32 Å². The molecule has 8 nitrogen and oxygen atoms in total. The lowest BCUT2D eigenvalue weighted by Gasteiger charge is -2.32. The van der Waals surface area contributed by atoms with Crippen LogP contribution in [0.5, 0.6) is 0 Å². The first-order valence-corrected chi connectivity index (χ1v) is 13.2. The van der Waals surface area contributed by atoms with E-state index in [9.17, 15) is 8.42 Å². The van der Waals surface area contributed by atoms with E-state index in [4.69, 9.17) is 36.0 Å². The number of anilines is 1. The minimum Gasteiger partial charge on any atom is -0.366 e. The third-order valence-electron chi connectivity index (χ3n) is 6.05. The molecule has 178 valence electrons. The van der Waals surface area contributed by atoms with Gasteiger partial charge in [-0.15, -0.1) is 0 Å². The van der Waals surface area contributed by atoms with Crippen molar-refractivity contribution < 1.29 is 8.42 Å². The van der Waals surface area contributed by atoms with Gasteiger partial charge in [0.25, 0.3) is 0 Å². The molecule has 1 aromatic carbocycles. The summed E-state index contributed by atoms with van der Waals surface area (Å²) < 4.78 is 29.8. The smallest absolute Gasteiger partial charge is 0.243 e. The van der Waals surface area contributed by atoms with Crippen LogP contribution in [0.4, 0.5) is 5.82 Å². The quantitative estimate of drug-likeness (QED) is 0.387. The number of sulfonamides is 1. The second kappa shape index (κ2) is 9.77. The molecule has 1 atom stereocenters. The first-order valence-electron chi connectivity index (χ1n) is 11.0. The standard InChI is InChI=1S/C23H21BCl2N6O2S/c24-18-13-29-32-22(28-12-15-3-1-7-27-11-15)10-21(30-23(18)32)16-4-2-8-31(14-16)35(33,34)17-5-6-19(25)20(26)9-17/h1,3,5-7,9-11,13,16,28H,2,4,8,12,14H2. The number of benzene rings is 1. The van der Waals surface area contributed by atoms with Crippen molar-refractivity contribution >= 4 is 58.0 Å². The summed E-state index contributed by atoms with van der Waals surface area (Å²) in [6, 6.07) is 10.1. The van der Waals surface area contributed by atoms with Crippen molar-refractivity contribution in [2.24, 2.45) is 0 Å². The first kappa shape index (κ1) is 24.1. The maximum Gasteiger partial charge on any atom is 0.243 e. The predicted octanol–water partition coefficient (Wildman–Crippen LogP) is 3.41. The topological polar surface area (TPSA) is 92.5 Å². The highest BCUT2D eigenvalue weighted by Crippen LogP contribution is 2.32. The third-order valence-corrected chi connectivity index (χ3v) is 8.65. The van der Waals surface area contributed by atoms with Crippen LogP contribution in [0.1, 0.15) is 30.0 Å². The number of aromatic nitrogens is 4. The van der Waals surface area contributed by atoms with E-state index in [1.165, 1.54) is 22.5 Å². The molecule has 12 heteroatoms.